The normalized spacial score (nSPS) is 19.1. The largest absolute Gasteiger partial charge is 0.420 e. The van der Waals surface area contributed by atoms with E-state index in [0.29, 0.717) is 17.6 Å². The highest BCUT2D eigenvalue weighted by atomic mass is 32.2. The summed E-state index contributed by atoms with van der Waals surface area (Å²) in [5.74, 6) is -0.246. The number of alkyl halides is 4. The minimum absolute atomic E-state index is 0.0484. The number of pyridine rings is 1. The molecule has 1 fully saturated rings. The van der Waals surface area contributed by atoms with Crippen LogP contribution in [0.3, 0.4) is 0 Å². The van der Waals surface area contributed by atoms with Crippen LogP contribution >= 0.6 is 0 Å². The lowest BCUT2D eigenvalue weighted by atomic mass is 10.1. The van der Waals surface area contributed by atoms with Gasteiger partial charge in [0.2, 0.25) is 16.0 Å². The molecule has 15 heteroatoms. The molecule has 4 heterocycles. The van der Waals surface area contributed by atoms with Gasteiger partial charge in [-0.05, 0) is 25.5 Å². The fourth-order valence-corrected chi connectivity index (χ4v) is 4.68. The van der Waals surface area contributed by atoms with E-state index in [-0.39, 0.29) is 36.8 Å². The van der Waals surface area contributed by atoms with Gasteiger partial charge in [0.15, 0.2) is 0 Å². The molecular formula is C21H20F4N8O2S. The number of aryl methyl sites for hydroxylation is 1. The fraction of sp³-hybridized carbons (Fsp3) is 0.381. The van der Waals surface area contributed by atoms with Crippen LogP contribution in [-0.4, -0.2) is 68.8 Å². The Labute approximate surface area is 203 Å². The lowest BCUT2D eigenvalue weighted by Gasteiger charge is -2.33. The van der Waals surface area contributed by atoms with E-state index in [9.17, 15) is 26.0 Å². The summed E-state index contributed by atoms with van der Waals surface area (Å²) in [7, 11) is -3.57. The summed E-state index contributed by atoms with van der Waals surface area (Å²) in [5.41, 5.74) is -0.588. The van der Waals surface area contributed by atoms with Gasteiger partial charge >= 0.3 is 6.18 Å². The first-order valence-electron chi connectivity index (χ1n) is 10.6. The molecule has 0 amide bonds. The highest BCUT2D eigenvalue weighted by molar-refractivity contribution is 7.88. The number of piperidine rings is 1. The molecule has 10 nitrogen and oxygen atoms in total. The Hall–Kier alpha value is -3.64. The summed E-state index contributed by atoms with van der Waals surface area (Å²) in [6.45, 7) is 1.31. The lowest BCUT2D eigenvalue weighted by Crippen LogP contribution is -2.49. The highest BCUT2D eigenvalue weighted by Gasteiger charge is 2.37. The molecule has 1 saturated heterocycles. The Bertz CT molecular complexity index is 1430. The number of rotatable bonds is 5. The van der Waals surface area contributed by atoms with Crippen LogP contribution in [-0.2, 0) is 16.2 Å². The number of nitrogens with zero attached hydrogens (tertiary/aromatic N) is 7. The van der Waals surface area contributed by atoms with Crippen LogP contribution < -0.4 is 5.32 Å². The molecule has 2 atom stereocenters. The summed E-state index contributed by atoms with van der Waals surface area (Å²) < 4.78 is 81.6. The maximum atomic E-state index is 14.6. The second-order valence-corrected chi connectivity index (χ2v) is 10.2. The zero-order chi connectivity index (χ0) is 26.3. The van der Waals surface area contributed by atoms with Gasteiger partial charge in [0.05, 0.1) is 23.7 Å². The Morgan fingerprint density at radius 2 is 1.97 bits per heavy atom. The van der Waals surface area contributed by atoms with E-state index in [1.807, 2.05) is 6.07 Å². The van der Waals surface area contributed by atoms with Gasteiger partial charge < -0.3 is 9.88 Å². The topological polar surface area (TPSA) is 130 Å². The van der Waals surface area contributed by atoms with Crippen LogP contribution in [0, 0.1) is 18.3 Å². The van der Waals surface area contributed by atoms with Crippen LogP contribution in [0.2, 0.25) is 0 Å². The van der Waals surface area contributed by atoms with E-state index >= 15 is 0 Å². The van der Waals surface area contributed by atoms with Gasteiger partial charge in [-0.25, -0.2) is 32.7 Å². The van der Waals surface area contributed by atoms with E-state index in [4.69, 9.17) is 5.26 Å². The third kappa shape index (κ3) is 5.29. The van der Waals surface area contributed by atoms with Gasteiger partial charge in [0.1, 0.15) is 41.2 Å². The monoisotopic (exact) mass is 524 g/mol. The number of hydrogen-bond acceptors (Lipinski definition) is 8. The van der Waals surface area contributed by atoms with Crippen LogP contribution in [0.1, 0.15) is 23.4 Å². The average Bonchev–Trinajstić information content (AvgIpc) is 3.28. The van der Waals surface area contributed by atoms with Crippen molar-refractivity contribution in [2.24, 2.45) is 0 Å². The molecule has 0 bridgehead atoms. The molecule has 36 heavy (non-hydrogen) atoms. The summed E-state index contributed by atoms with van der Waals surface area (Å²) >= 11 is 0. The van der Waals surface area contributed by atoms with E-state index in [1.165, 1.54) is 23.2 Å². The van der Waals surface area contributed by atoms with Crippen molar-refractivity contribution in [3.8, 4) is 23.1 Å². The summed E-state index contributed by atoms with van der Waals surface area (Å²) in [6, 6.07) is 4.08. The van der Waals surface area contributed by atoms with Gasteiger partial charge in [-0.2, -0.15) is 22.7 Å². The van der Waals surface area contributed by atoms with Crippen LogP contribution in [0.5, 0.6) is 0 Å². The van der Waals surface area contributed by atoms with Crippen molar-refractivity contribution in [1.82, 2.24) is 28.8 Å². The molecule has 0 spiro atoms. The van der Waals surface area contributed by atoms with Gasteiger partial charge in [-0.3, -0.25) is 0 Å². The Morgan fingerprint density at radius 3 is 2.58 bits per heavy atom. The standard InChI is InChI=1S/C21H20F4N8O2S/c1-12-18(4-3-13(7-26)29-12)32-10-17(28-11-32)19-14(21(23,24)25)8-27-20(31-19)30-16-5-6-33(9-15(16)22)36(2,34)35/h3-4,8,10-11,15-16H,5-6,9H2,1-2H3,(H,27,30,31)/t15-,16+/m1/s1. The lowest BCUT2D eigenvalue weighted by molar-refractivity contribution is -0.137. The quantitative estimate of drug-likeness (QED) is 0.505. The molecule has 1 N–H and O–H groups in total. The summed E-state index contributed by atoms with van der Waals surface area (Å²) in [6.07, 6.45) is -2.13. The molecule has 190 valence electrons. The smallest absolute Gasteiger partial charge is 0.348 e. The minimum atomic E-state index is -4.78. The SMILES string of the molecule is Cc1nc(C#N)ccc1-n1cnc(-c2nc(N[C@H]3CCN(S(C)(=O)=O)C[C@H]3F)ncc2C(F)(F)F)c1. The number of halogens is 4. The predicted molar refractivity (Wildman–Crippen MR) is 120 cm³/mol. The molecule has 0 aliphatic carbocycles. The zero-order valence-corrected chi connectivity index (χ0v) is 19.8. The van der Waals surface area contributed by atoms with Crippen molar-refractivity contribution in [3.05, 3.63) is 47.8 Å². The number of hydrogen-bond donors (Lipinski definition) is 1. The summed E-state index contributed by atoms with van der Waals surface area (Å²) in [4.78, 5) is 15.9. The predicted octanol–water partition coefficient (Wildman–Crippen LogP) is 2.71. The first-order chi connectivity index (χ1) is 16.9. The first kappa shape index (κ1) is 25.5. The van der Waals surface area contributed by atoms with E-state index in [0.717, 1.165) is 10.6 Å². The number of sulfonamides is 1. The van der Waals surface area contributed by atoms with Crippen molar-refractivity contribution in [1.29, 1.82) is 5.26 Å². The molecule has 0 aromatic carbocycles. The summed E-state index contributed by atoms with van der Waals surface area (Å²) in [5, 5.41) is 11.7. The molecule has 0 unspecified atom stereocenters. The minimum Gasteiger partial charge on any atom is -0.348 e. The van der Waals surface area contributed by atoms with Crippen molar-refractivity contribution >= 4 is 16.0 Å². The maximum absolute atomic E-state index is 14.6. The third-order valence-electron chi connectivity index (χ3n) is 5.66. The van der Waals surface area contributed by atoms with Gasteiger partial charge in [-0.1, -0.05) is 0 Å². The molecule has 3 aromatic heterocycles. The van der Waals surface area contributed by atoms with Crippen LogP contribution in [0.4, 0.5) is 23.5 Å². The van der Waals surface area contributed by atoms with Gasteiger partial charge in [0, 0.05) is 25.5 Å². The average molecular weight is 525 g/mol. The van der Waals surface area contributed by atoms with Gasteiger partial charge in [-0.15, -0.1) is 0 Å². The first-order valence-corrected chi connectivity index (χ1v) is 12.4. The molecular weight excluding hydrogens is 504 g/mol. The zero-order valence-electron chi connectivity index (χ0n) is 19.0. The van der Waals surface area contributed by atoms with E-state index in [2.05, 4.69) is 25.3 Å². The number of nitriles is 1. The van der Waals surface area contributed by atoms with Crippen LogP contribution in [0.15, 0.2) is 30.9 Å². The Balaban J connectivity index is 1.65. The third-order valence-corrected chi connectivity index (χ3v) is 6.93. The van der Waals surface area contributed by atoms with Gasteiger partial charge in [0.25, 0.3) is 0 Å². The second kappa shape index (κ2) is 9.43. The molecule has 1 aliphatic heterocycles. The Kier molecular flexibility index (Phi) is 6.67. The van der Waals surface area contributed by atoms with Crippen molar-refractivity contribution in [3.63, 3.8) is 0 Å². The molecule has 0 radical (unpaired) electrons. The second-order valence-electron chi connectivity index (χ2n) is 8.21. The van der Waals surface area contributed by atoms with Crippen LogP contribution in [0.25, 0.3) is 17.1 Å². The van der Waals surface area contributed by atoms with E-state index < -0.39 is 39.7 Å². The molecule has 4 rings (SSSR count). The maximum Gasteiger partial charge on any atom is 0.420 e. The van der Waals surface area contributed by atoms with Crippen molar-refractivity contribution in [2.75, 3.05) is 24.7 Å². The molecule has 1 aliphatic rings. The number of anilines is 1. The Morgan fingerprint density at radius 1 is 1.22 bits per heavy atom. The van der Waals surface area contributed by atoms with Crippen molar-refractivity contribution < 1.29 is 26.0 Å². The number of aromatic nitrogens is 5. The molecule has 0 saturated carbocycles. The number of nitrogens with one attached hydrogen (secondary N) is 1. The fourth-order valence-electron chi connectivity index (χ4n) is 3.83. The van der Waals surface area contributed by atoms with E-state index in [1.54, 1.807) is 13.0 Å². The highest BCUT2D eigenvalue weighted by Crippen LogP contribution is 2.36. The number of imidazole rings is 1. The van der Waals surface area contributed by atoms with Crippen molar-refractivity contribution in [2.45, 2.75) is 31.7 Å². The molecule has 3 aromatic rings.